The van der Waals surface area contributed by atoms with Crippen molar-refractivity contribution in [1.82, 2.24) is 4.90 Å². The zero-order valence-electron chi connectivity index (χ0n) is 11.9. The predicted molar refractivity (Wildman–Crippen MR) is 77.7 cm³/mol. The number of halogens is 3. The maximum atomic E-state index is 12.5. The van der Waals surface area contributed by atoms with E-state index in [4.69, 9.17) is 4.74 Å². The molecule has 0 aromatic heterocycles. The van der Waals surface area contributed by atoms with Gasteiger partial charge in [0.15, 0.2) is 0 Å². The minimum atomic E-state index is -4.38. The molecule has 1 spiro atoms. The standard InChI is InChI=1S/C15H16F3NO2S/c16-15(17,18)12-3-1-11(2-4-12)13(20)19-7-5-14(6-8-19)21-9-10-22-14/h1-4H,5-10H2. The first-order valence-electron chi connectivity index (χ1n) is 7.14. The van der Waals surface area contributed by atoms with Gasteiger partial charge in [-0.05, 0) is 24.3 Å². The summed E-state index contributed by atoms with van der Waals surface area (Å²) in [7, 11) is 0. The lowest BCUT2D eigenvalue weighted by Crippen LogP contribution is -2.45. The maximum Gasteiger partial charge on any atom is 0.416 e. The van der Waals surface area contributed by atoms with Gasteiger partial charge in [-0.25, -0.2) is 0 Å². The average molecular weight is 331 g/mol. The third kappa shape index (κ3) is 3.10. The maximum absolute atomic E-state index is 12.5. The molecular weight excluding hydrogens is 315 g/mol. The molecule has 7 heteroatoms. The molecule has 0 N–H and O–H groups in total. The fraction of sp³-hybridized carbons (Fsp3) is 0.533. The fourth-order valence-electron chi connectivity index (χ4n) is 2.82. The second kappa shape index (κ2) is 5.77. The molecule has 2 heterocycles. The van der Waals surface area contributed by atoms with Gasteiger partial charge in [-0.1, -0.05) is 0 Å². The summed E-state index contributed by atoms with van der Waals surface area (Å²) < 4.78 is 43.4. The average Bonchev–Trinajstić information content (AvgIpc) is 2.95. The van der Waals surface area contributed by atoms with Gasteiger partial charge >= 0.3 is 6.18 Å². The molecule has 2 aliphatic rings. The Labute approximate surface area is 130 Å². The van der Waals surface area contributed by atoms with Crippen LogP contribution in [0.4, 0.5) is 13.2 Å². The predicted octanol–water partition coefficient (Wildman–Crippen LogP) is 3.40. The van der Waals surface area contributed by atoms with Crippen molar-refractivity contribution in [2.45, 2.75) is 24.0 Å². The lowest BCUT2D eigenvalue weighted by molar-refractivity contribution is -0.137. The number of likely N-dealkylation sites (tertiary alicyclic amines) is 1. The van der Waals surface area contributed by atoms with Crippen molar-refractivity contribution in [3.8, 4) is 0 Å². The Balaban J connectivity index is 1.65. The molecule has 3 nitrogen and oxygen atoms in total. The molecule has 0 aliphatic carbocycles. The molecule has 2 fully saturated rings. The Morgan fingerprint density at radius 3 is 2.32 bits per heavy atom. The fourth-order valence-corrected chi connectivity index (χ4v) is 4.00. The molecule has 2 aliphatic heterocycles. The first-order chi connectivity index (χ1) is 10.4. The molecule has 1 amide bonds. The molecule has 120 valence electrons. The highest BCUT2D eigenvalue weighted by molar-refractivity contribution is 8.00. The highest BCUT2D eigenvalue weighted by atomic mass is 32.2. The highest BCUT2D eigenvalue weighted by Crippen LogP contribution is 2.41. The van der Waals surface area contributed by atoms with Crippen LogP contribution in [0.1, 0.15) is 28.8 Å². The molecule has 0 atom stereocenters. The smallest absolute Gasteiger partial charge is 0.363 e. The van der Waals surface area contributed by atoms with Gasteiger partial charge in [0.05, 0.1) is 12.2 Å². The number of hydrogen-bond acceptors (Lipinski definition) is 3. The van der Waals surface area contributed by atoms with E-state index in [2.05, 4.69) is 0 Å². The van der Waals surface area contributed by atoms with Crippen molar-refractivity contribution in [3.05, 3.63) is 35.4 Å². The number of thioether (sulfide) groups is 1. The summed E-state index contributed by atoms with van der Waals surface area (Å²) in [5, 5.41) is 0. The summed E-state index contributed by atoms with van der Waals surface area (Å²) in [5.41, 5.74) is -0.443. The zero-order chi connectivity index (χ0) is 15.8. The van der Waals surface area contributed by atoms with E-state index >= 15 is 0 Å². The van der Waals surface area contributed by atoms with E-state index in [-0.39, 0.29) is 10.8 Å². The van der Waals surface area contributed by atoms with Gasteiger partial charge in [0.25, 0.3) is 5.91 Å². The largest absolute Gasteiger partial charge is 0.416 e. The van der Waals surface area contributed by atoms with E-state index in [9.17, 15) is 18.0 Å². The number of carbonyl (C=O) groups excluding carboxylic acids is 1. The Morgan fingerprint density at radius 1 is 1.18 bits per heavy atom. The van der Waals surface area contributed by atoms with E-state index < -0.39 is 11.7 Å². The van der Waals surface area contributed by atoms with Crippen LogP contribution < -0.4 is 0 Å². The number of ether oxygens (including phenoxy) is 1. The number of hydrogen-bond donors (Lipinski definition) is 0. The summed E-state index contributed by atoms with van der Waals surface area (Å²) in [4.78, 5) is 13.9. The van der Waals surface area contributed by atoms with Gasteiger partial charge < -0.3 is 9.64 Å². The summed E-state index contributed by atoms with van der Waals surface area (Å²) in [5.74, 6) is 0.763. The molecule has 22 heavy (non-hydrogen) atoms. The minimum Gasteiger partial charge on any atom is -0.363 e. The van der Waals surface area contributed by atoms with E-state index in [0.29, 0.717) is 18.7 Å². The first-order valence-corrected chi connectivity index (χ1v) is 8.13. The van der Waals surface area contributed by atoms with E-state index in [1.807, 2.05) is 0 Å². The summed E-state index contributed by atoms with van der Waals surface area (Å²) in [6.45, 7) is 1.90. The highest BCUT2D eigenvalue weighted by Gasteiger charge is 2.40. The molecule has 0 radical (unpaired) electrons. The van der Waals surface area contributed by atoms with Crippen molar-refractivity contribution in [2.24, 2.45) is 0 Å². The van der Waals surface area contributed by atoms with Crippen LogP contribution in [-0.4, -0.2) is 41.2 Å². The summed E-state index contributed by atoms with van der Waals surface area (Å²) in [6, 6.07) is 4.40. The number of benzene rings is 1. The SMILES string of the molecule is O=C(c1ccc(C(F)(F)F)cc1)N1CCC2(CC1)OCCS2. The van der Waals surface area contributed by atoms with Crippen LogP contribution in [-0.2, 0) is 10.9 Å². The number of piperidine rings is 1. The number of carbonyl (C=O) groups is 1. The van der Waals surface area contributed by atoms with Gasteiger partial charge in [-0.3, -0.25) is 4.79 Å². The third-order valence-corrected chi connectivity index (χ3v) is 5.51. The van der Waals surface area contributed by atoms with Gasteiger partial charge in [-0.2, -0.15) is 13.2 Å². The van der Waals surface area contributed by atoms with Crippen LogP contribution in [0, 0.1) is 0 Å². The Kier molecular flexibility index (Phi) is 4.11. The van der Waals surface area contributed by atoms with Gasteiger partial charge in [0, 0.05) is 37.2 Å². The summed E-state index contributed by atoms with van der Waals surface area (Å²) >= 11 is 1.79. The molecule has 0 unspecified atom stereocenters. The summed E-state index contributed by atoms with van der Waals surface area (Å²) in [6.07, 6.45) is -2.84. The molecule has 1 aromatic carbocycles. The molecule has 3 rings (SSSR count). The second-order valence-corrected chi connectivity index (χ2v) is 6.92. The topological polar surface area (TPSA) is 29.5 Å². The van der Waals surface area contributed by atoms with Gasteiger partial charge in [0.2, 0.25) is 0 Å². The number of nitrogens with zero attached hydrogens (tertiary/aromatic N) is 1. The number of rotatable bonds is 1. The van der Waals surface area contributed by atoms with Crippen LogP contribution in [0.25, 0.3) is 0 Å². The molecule has 2 saturated heterocycles. The molecule has 0 bridgehead atoms. The van der Waals surface area contributed by atoms with Crippen molar-refractivity contribution < 1.29 is 22.7 Å². The van der Waals surface area contributed by atoms with Crippen LogP contribution in [0.3, 0.4) is 0 Å². The lowest BCUT2D eigenvalue weighted by atomic mass is 10.0. The second-order valence-electron chi connectivity index (χ2n) is 5.47. The normalized spacial score (nSPS) is 21.3. The quantitative estimate of drug-likeness (QED) is 0.790. The van der Waals surface area contributed by atoms with Crippen molar-refractivity contribution in [2.75, 3.05) is 25.4 Å². The Morgan fingerprint density at radius 2 is 1.82 bits per heavy atom. The zero-order valence-corrected chi connectivity index (χ0v) is 12.7. The number of alkyl halides is 3. The Bertz CT molecular complexity index is 543. The lowest BCUT2D eigenvalue weighted by Gasteiger charge is -2.37. The van der Waals surface area contributed by atoms with E-state index in [0.717, 1.165) is 37.3 Å². The van der Waals surface area contributed by atoms with Crippen molar-refractivity contribution in [1.29, 1.82) is 0 Å². The molecular formula is C15H16F3NO2S. The third-order valence-electron chi connectivity index (χ3n) is 4.09. The first kappa shape index (κ1) is 15.7. The van der Waals surface area contributed by atoms with Crippen molar-refractivity contribution >= 4 is 17.7 Å². The van der Waals surface area contributed by atoms with Crippen molar-refractivity contribution in [3.63, 3.8) is 0 Å². The number of amides is 1. The Hall–Kier alpha value is -1.21. The van der Waals surface area contributed by atoms with Crippen LogP contribution in [0.15, 0.2) is 24.3 Å². The van der Waals surface area contributed by atoms with Gasteiger partial charge in [0.1, 0.15) is 4.93 Å². The van der Waals surface area contributed by atoms with Crippen LogP contribution >= 0.6 is 11.8 Å². The molecule has 1 aromatic rings. The minimum absolute atomic E-state index is 0.156. The molecule has 0 saturated carbocycles. The van der Waals surface area contributed by atoms with Gasteiger partial charge in [-0.15, -0.1) is 11.8 Å². The van der Waals surface area contributed by atoms with Crippen LogP contribution in [0.5, 0.6) is 0 Å². The van der Waals surface area contributed by atoms with E-state index in [1.165, 1.54) is 12.1 Å². The van der Waals surface area contributed by atoms with E-state index in [1.54, 1.807) is 16.7 Å². The van der Waals surface area contributed by atoms with Crippen LogP contribution in [0.2, 0.25) is 0 Å². The monoisotopic (exact) mass is 331 g/mol.